The van der Waals surface area contributed by atoms with Crippen LogP contribution in [0.2, 0.25) is 0 Å². The van der Waals surface area contributed by atoms with Crippen LogP contribution in [0.3, 0.4) is 0 Å². The summed E-state index contributed by atoms with van der Waals surface area (Å²) >= 11 is 0. The zero-order chi connectivity index (χ0) is 19.8. The van der Waals surface area contributed by atoms with Gasteiger partial charge in [-0.2, -0.15) is 0 Å². The molecule has 0 unspecified atom stereocenters. The number of H-pyrrole nitrogens is 1. The lowest BCUT2D eigenvalue weighted by atomic mass is 10.1. The van der Waals surface area contributed by atoms with E-state index in [1.165, 1.54) is 6.07 Å². The molecular formula is C21H26FN5O. The van der Waals surface area contributed by atoms with Gasteiger partial charge in [-0.3, -0.25) is 4.99 Å². The minimum absolute atomic E-state index is 0.224. The van der Waals surface area contributed by atoms with Crippen molar-refractivity contribution in [2.45, 2.75) is 26.3 Å². The summed E-state index contributed by atoms with van der Waals surface area (Å²) in [5.74, 6) is 1.12. The second-order valence-electron chi connectivity index (χ2n) is 6.46. The lowest BCUT2D eigenvalue weighted by Gasteiger charge is -2.12. The van der Waals surface area contributed by atoms with Gasteiger partial charge in [0, 0.05) is 49.5 Å². The molecule has 2 aromatic heterocycles. The van der Waals surface area contributed by atoms with E-state index < -0.39 is 0 Å². The highest BCUT2D eigenvalue weighted by Crippen LogP contribution is 2.19. The van der Waals surface area contributed by atoms with Crippen molar-refractivity contribution in [1.82, 2.24) is 20.6 Å². The molecule has 0 bridgehead atoms. The zero-order valence-corrected chi connectivity index (χ0v) is 16.3. The fourth-order valence-electron chi connectivity index (χ4n) is 2.89. The predicted molar refractivity (Wildman–Crippen MR) is 110 cm³/mol. The highest BCUT2D eigenvalue weighted by Gasteiger charge is 2.06. The number of nitrogens with one attached hydrogen (secondary N) is 3. The highest BCUT2D eigenvalue weighted by atomic mass is 19.1. The van der Waals surface area contributed by atoms with Crippen molar-refractivity contribution in [3.05, 3.63) is 59.7 Å². The Morgan fingerprint density at radius 3 is 2.89 bits per heavy atom. The standard InChI is InChI=1S/C21H26FN5O/c1-3-10-28-20-7-4-15(12-26-20)13-27-21(23-2)24-9-8-16-14-25-19-6-5-17(22)11-18(16)19/h4-7,11-12,14,25H,3,8-10,13H2,1-2H3,(H2,23,24,27). The van der Waals surface area contributed by atoms with Gasteiger partial charge in [-0.25, -0.2) is 9.37 Å². The van der Waals surface area contributed by atoms with Crippen molar-refractivity contribution in [2.75, 3.05) is 20.2 Å². The molecule has 0 aliphatic rings. The largest absolute Gasteiger partial charge is 0.478 e. The van der Waals surface area contributed by atoms with Crippen molar-refractivity contribution in [1.29, 1.82) is 0 Å². The van der Waals surface area contributed by atoms with E-state index in [-0.39, 0.29) is 5.82 Å². The molecule has 6 nitrogen and oxygen atoms in total. The van der Waals surface area contributed by atoms with E-state index in [0.29, 0.717) is 31.5 Å². The van der Waals surface area contributed by atoms with E-state index in [2.05, 4.69) is 32.5 Å². The summed E-state index contributed by atoms with van der Waals surface area (Å²) in [6.07, 6.45) is 5.44. The molecular weight excluding hydrogens is 357 g/mol. The SMILES string of the molecule is CCCOc1ccc(CNC(=NC)NCCc2c[nH]c3ccc(F)cc23)cn1. The van der Waals surface area contributed by atoms with E-state index in [0.717, 1.165) is 34.9 Å². The first-order valence-corrected chi connectivity index (χ1v) is 9.47. The number of aliphatic imine (C=N–C) groups is 1. The van der Waals surface area contributed by atoms with Crippen LogP contribution in [0.5, 0.6) is 5.88 Å². The van der Waals surface area contributed by atoms with Crippen molar-refractivity contribution in [3.8, 4) is 5.88 Å². The number of aromatic nitrogens is 2. The van der Waals surface area contributed by atoms with Crippen LogP contribution in [0, 0.1) is 5.82 Å². The second kappa shape index (κ2) is 9.73. The number of nitrogens with zero attached hydrogens (tertiary/aromatic N) is 2. The normalized spacial score (nSPS) is 11.6. The summed E-state index contributed by atoms with van der Waals surface area (Å²) in [6.45, 7) is 4.03. The zero-order valence-electron chi connectivity index (χ0n) is 16.3. The monoisotopic (exact) mass is 383 g/mol. The Hall–Kier alpha value is -3.09. The Bertz CT molecular complexity index is 920. The van der Waals surface area contributed by atoms with E-state index in [9.17, 15) is 4.39 Å². The van der Waals surface area contributed by atoms with Crippen molar-refractivity contribution < 1.29 is 9.13 Å². The molecule has 0 amide bonds. The number of guanidine groups is 1. The van der Waals surface area contributed by atoms with Gasteiger partial charge in [0.05, 0.1) is 6.61 Å². The van der Waals surface area contributed by atoms with Crippen LogP contribution in [0.1, 0.15) is 24.5 Å². The Morgan fingerprint density at radius 1 is 1.25 bits per heavy atom. The number of benzene rings is 1. The molecule has 7 heteroatoms. The van der Waals surface area contributed by atoms with Crippen LogP contribution in [0.15, 0.2) is 47.7 Å². The Balaban J connectivity index is 1.47. The lowest BCUT2D eigenvalue weighted by Crippen LogP contribution is -2.37. The lowest BCUT2D eigenvalue weighted by molar-refractivity contribution is 0.305. The second-order valence-corrected chi connectivity index (χ2v) is 6.46. The first kappa shape index (κ1) is 19.7. The fraction of sp³-hybridized carbons (Fsp3) is 0.333. The first-order chi connectivity index (χ1) is 13.7. The molecule has 28 heavy (non-hydrogen) atoms. The molecule has 3 rings (SSSR count). The number of fused-ring (bicyclic) bond motifs is 1. The van der Waals surface area contributed by atoms with Crippen LogP contribution >= 0.6 is 0 Å². The van der Waals surface area contributed by atoms with Crippen LogP contribution < -0.4 is 15.4 Å². The van der Waals surface area contributed by atoms with Crippen molar-refractivity contribution in [2.24, 2.45) is 4.99 Å². The highest BCUT2D eigenvalue weighted by molar-refractivity contribution is 5.83. The molecule has 0 saturated carbocycles. The third kappa shape index (κ3) is 5.22. The number of hydrogen-bond acceptors (Lipinski definition) is 3. The van der Waals surface area contributed by atoms with Gasteiger partial charge in [-0.05, 0) is 42.2 Å². The summed E-state index contributed by atoms with van der Waals surface area (Å²) in [5.41, 5.74) is 3.06. The quantitative estimate of drug-likeness (QED) is 0.412. The van der Waals surface area contributed by atoms with Crippen LogP contribution in [0.4, 0.5) is 4.39 Å². The number of ether oxygens (including phenoxy) is 1. The summed E-state index contributed by atoms with van der Waals surface area (Å²) in [6, 6.07) is 8.64. The van der Waals surface area contributed by atoms with Gasteiger partial charge in [-0.1, -0.05) is 13.0 Å². The van der Waals surface area contributed by atoms with E-state index in [1.807, 2.05) is 18.3 Å². The van der Waals surface area contributed by atoms with Crippen LogP contribution in [-0.2, 0) is 13.0 Å². The van der Waals surface area contributed by atoms with Crippen molar-refractivity contribution >= 4 is 16.9 Å². The topological polar surface area (TPSA) is 74.3 Å². The fourth-order valence-corrected chi connectivity index (χ4v) is 2.89. The summed E-state index contributed by atoms with van der Waals surface area (Å²) in [4.78, 5) is 11.7. The molecule has 0 aliphatic carbocycles. The minimum Gasteiger partial charge on any atom is -0.478 e. The number of rotatable bonds is 8. The Morgan fingerprint density at radius 2 is 2.14 bits per heavy atom. The van der Waals surface area contributed by atoms with Crippen molar-refractivity contribution in [3.63, 3.8) is 0 Å². The number of pyridine rings is 1. The minimum atomic E-state index is -0.224. The molecule has 1 aromatic carbocycles. The third-order valence-corrected chi connectivity index (χ3v) is 4.35. The molecule has 0 saturated heterocycles. The van der Waals surface area contributed by atoms with Gasteiger partial charge in [0.1, 0.15) is 5.82 Å². The molecule has 2 heterocycles. The summed E-state index contributed by atoms with van der Waals surface area (Å²) < 4.78 is 19.0. The molecule has 0 atom stereocenters. The maximum atomic E-state index is 13.5. The van der Waals surface area contributed by atoms with Gasteiger partial charge >= 0.3 is 0 Å². The molecule has 3 N–H and O–H groups in total. The van der Waals surface area contributed by atoms with Crippen LogP contribution in [0.25, 0.3) is 10.9 Å². The molecule has 0 fully saturated rings. The van der Waals surface area contributed by atoms with E-state index in [1.54, 1.807) is 25.4 Å². The Kier molecular flexibility index (Phi) is 6.84. The maximum absolute atomic E-state index is 13.5. The molecule has 0 radical (unpaired) electrons. The smallest absolute Gasteiger partial charge is 0.213 e. The van der Waals surface area contributed by atoms with Gasteiger partial charge < -0.3 is 20.4 Å². The molecule has 148 valence electrons. The van der Waals surface area contributed by atoms with E-state index in [4.69, 9.17) is 4.74 Å². The predicted octanol–water partition coefficient (Wildman–Crippen LogP) is 3.40. The first-order valence-electron chi connectivity index (χ1n) is 9.47. The third-order valence-electron chi connectivity index (χ3n) is 4.35. The van der Waals surface area contributed by atoms with Crippen LogP contribution in [-0.4, -0.2) is 36.1 Å². The molecule has 3 aromatic rings. The Labute approximate surface area is 164 Å². The number of aromatic amines is 1. The van der Waals surface area contributed by atoms with Gasteiger partial charge in [-0.15, -0.1) is 0 Å². The summed E-state index contributed by atoms with van der Waals surface area (Å²) in [7, 11) is 1.73. The van der Waals surface area contributed by atoms with Gasteiger partial charge in [0.25, 0.3) is 0 Å². The van der Waals surface area contributed by atoms with E-state index >= 15 is 0 Å². The number of halogens is 1. The average molecular weight is 383 g/mol. The summed E-state index contributed by atoms with van der Waals surface area (Å²) in [5, 5.41) is 7.47. The molecule has 0 aliphatic heterocycles. The van der Waals surface area contributed by atoms with Gasteiger partial charge in [0.2, 0.25) is 5.88 Å². The number of hydrogen-bond donors (Lipinski definition) is 3. The maximum Gasteiger partial charge on any atom is 0.213 e. The van der Waals surface area contributed by atoms with Gasteiger partial charge in [0.15, 0.2) is 5.96 Å². The molecule has 0 spiro atoms. The average Bonchev–Trinajstić information content (AvgIpc) is 3.11.